The maximum Gasteiger partial charge on any atom is 0.373 e. The van der Waals surface area contributed by atoms with Gasteiger partial charge >= 0.3 is 5.97 Å². The Balaban J connectivity index is 2.18. The fraction of sp³-hybridized carbons (Fsp3) is 0.267. The molecular weight excluding hydrogens is 228 g/mol. The van der Waals surface area contributed by atoms with Crippen LogP contribution in [0.1, 0.15) is 31.1 Å². The first-order valence-electron chi connectivity index (χ1n) is 5.84. The van der Waals surface area contributed by atoms with Crippen molar-refractivity contribution >= 4 is 16.7 Å². The standard InChI is InChI=1S/C15H16O3/c1-15(2,3)18-17-14(16)13-9-8-11-6-4-5-7-12(11)10-13/h4-10H,1-3H3. The number of carbonyl (C=O) groups is 1. The van der Waals surface area contributed by atoms with E-state index in [2.05, 4.69) is 0 Å². The predicted molar refractivity (Wildman–Crippen MR) is 70.2 cm³/mol. The summed E-state index contributed by atoms with van der Waals surface area (Å²) in [6, 6.07) is 13.3. The third kappa shape index (κ3) is 3.08. The topological polar surface area (TPSA) is 35.5 Å². The van der Waals surface area contributed by atoms with Crippen molar-refractivity contribution in [3.63, 3.8) is 0 Å². The Bertz CT molecular complexity index is 567. The summed E-state index contributed by atoms with van der Waals surface area (Å²) >= 11 is 0. The molecule has 3 heteroatoms. The van der Waals surface area contributed by atoms with Crippen molar-refractivity contribution in [2.45, 2.75) is 26.4 Å². The molecule has 18 heavy (non-hydrogen) atoms. The van der Waals surface area contributed by atoms with Gasteiger partial charge in [-0.05, 0) is 43.7 Å². The third-order valence-electron chi connectivity index (χ3n) is 2.35. The van der Waals surface area contributed by atoms with E-state index in [0.29, 0.717) is 5.56 Å². The summed E-state index contributed by atoms with van der Waals surface area (Å²) in [6.45, 7) is 5.46. The highest BCUT2D eigenvalue weighted by atomic mass is 17.2. The van der Waals surface area contributed by atoms with Crippen molar-refractivity contribution in [3.8, 4) is 0 Å². The second-order valence-corrected chi connectivity index (χ2v) is 5.13. The maximum absolute atomic E-state index is 11.8. The van der Waals surface area contributed by atoms with Gasteiger partial charge in [0.15, 0.2) is 0 Å². The molecule has 0 spiro atoms. The van der Waals surface area contributed by atoms with Gasteiger partial charge in [-0.2, -0.15) is 4.89 Å². The first-order valence-corrected chi connectivity index (χ1v) is 5.84. The summed E-state index contributed by atoms with van der Waals surface area (Å²) in [5.74, 6) is -0.476. The molecule has 0 saturated carbocycles. The van der Waals surface area contributed by atoms with E-state index >= 15 is 0 Å². The van der Waals surface area contributed by atoms with Gasteiger partial charge in [0.25, 0.3) is 0 Å². The molecule has 0 aromatic heterocycles. The lowest BCUT2D eigenvalue weighted by Crippen LogP contribution is -2.21. The molecule has 0 saturated heterocycles. The van der Waals surface area contributed by atoms with Crippen molar-refractivity contribution in [3.05, 3.63) is 48.0 Å². The third-order valence-corrected chi connectivity index (χ3v) is 2.35. The first kappa shape index (κ1) is 12.6. The average molecular weight is 244 g/mol. The second kappa shape index (κ2) is 4.78. The second-order valence-electron chi connectivity index (χ2n) is 5.13. The van der Waals surface area contributed by atoms with Crippen LogP contribution in [0.4, 0.5) is 0 Å². The Morgan fingerprint density at radius 1 is 1.00 bits per heavy atom. The normalized spacial score (nSPS) is 11.5. The fourth-order valence-electron chi connectivity index (χ4n) is 1.53. The van der Waals surface area contributed by atoms with Gasteiger partial charge in [0.05, 0.1) is 5.56 Å². The van der Waals surface area contributed by atoms with Crippen LogP contribution in [0.2, 0.25) is 0 Å². The number of hydrogen-bond donors (Lipinski definition) is 0. The molecule has 0 N–H and O–H groups in total. The van der Waals surface area contributed by atoms with Gasteiger partial charge < -0.3 is 0 Å². The lowest BCUT2D eigenvalue weighted by Gasteiger charge is -2.16. The van der Waals surface area contributed by atoms with Gasteiger partial charge in [-0.15, -0.1) is 0 Å². The summed E-state index contributed by atoms with van der Waals surface area (Å²) in [6.07, 6.45) is 0. The van der Waals surface area contributed by atoms with Crippen LogP contribution in [0, 0.1) is 0 Å². The van der Waals surface area contributed by atoms with Crippen LogP contribution in [0.15, 0.2) is 42.5 Å². The molecule has 0 unspecified atom stereocenters. The lowest BCUT2D eigenvalue weighted by molar-refractivity contribution is -0.301. The molecule has 0 aliphatic heterocycles. The number of carbonyl (C=O) groups excluding carboxylic acids is 1. The summed E-state index contributed by atoms with van der Waals surface area (Å²) in [4.78, 5) is 21.6. The monoisotopic (exact) mass is 244 g/mol. The SMILES string of the molecule is CC(C)(C)OOC(=O)c1ccc2ccccc2c1. The van der Waals surface area contributed by atoms with Gasteiger partial charge in [-0.25, -0.2) is 4.79 Å². The van der Waals surface area contributed by atoms with Crippen molar-refractivity contribution in [1.29, 1.82) is 0 Å². The van der Waals surface area contributed by atoms with Gasteiger partial charge in [0, 0.05) is 0 Å². The number of benzene rings is 2. The molecule has 0 aliphatic carbocycles. The van der Waals surface area contributed by atoms with E-state index in [4.69, 9.17) is 9.78 Å². The van der Waals surface area contributed by atoms with Gasteiger partial charge in [0.1, 0.15) is 5.60 Å². The molecule has 0 amide bonds. The highest BCUT2D eigenvalue weighted by molar-refractivity contribution is 5.95. The largest absolute Gasteiger partial charge is 0.373 e. The molecule has 0 radical (unpaired) electrons. The van der Waals surface area contributed by atoms with Crippen molar-refractivity contribution in [2.75, 3.05) is 0 Å². The minimum atomic E-state index is -0.507. The van der Waals surface area contributed by atoms with E-state index in [-0.39, 0.29) is 0 Å². The van der Waals surface area contributed by atoms with E-state index in [1.807, 2.05) is 51.1 Å². The van der Waals surface area contributed by atoms with E-state index in [0.717, 1.165) is 10.8 Å². The first-order chi connectivity index (χ1) is 8.46. The van der Waals surface area contributed by atoms with Gasteiger partial charge in [-0.3, -0.25) is 4.89 Å². The number of rotatable bonds is 2. The Morgan fingerprint density at radius 3 is 2.33 bits per heavy atom. The Kier molecular flexibility index (Phi) is 3.34. The van der Waals surface area contributed by atoms with Crippen LogP contribution in [-0.4, -0.2) is 11.6 Å². The van der Waals surface area contributed by atoms with Crippen LogP contribution in [0.3, 0.4) is 0 Å². The molecule has 3 nitrogen and oxygen atoms in total. The molecule has 2 rings (SSSR count). The smallest absolute Gasteiger partial charge is 0.292 e. The zero-order chi connectivity index (χ0) is 13.2. The molecule has 0 fully saturated rings. The summed E-state index contributed by atoms with van der Waals surface area (Å²) in [5, 5.41) is 2.09. The van der Waals surface area contributed by atoms with Crippen LogP contribution in [0.25, 0.3) is 10.8 Å². The molecule has 0 bridgehead atoms. The summed E-state index contributed by atoms with van der Waals surface area (Å²) < 4.78 is 0. The molecule has 0 atom stereocenters. The summed E-state index contributed by atoms with van der Waals surface area (Å²) in [7, 11) is 0. The van der Waals surface area contributed by atoms with Gasteiger partial charge in [0.2, 0.25) is 0 Å². The Hall–Kier alpha value is -1.87. The van der Waals surface area contributed by atoms with Crippen LogP contribution < -0.4 is 0 Å². The van der Waals surface area contributed by atoms with Crippen LogP contribution >= 0.6 is 0 Å². The Labute approximate surface area is 106 Å². The maximum atomic E-state index is 11.8. The van der Waals surface area contributed by atoms with Crippen LogP contribution in [0.5, 0.6) is 0 Å². The van der Waals surface area contributed by atoms with Crippen molar-refractivity contribution in [1.82, 2.24) is 0 Å². The molecule has 0 heterocycles. The minimum Gasteiger partial charge on any atom is -0.292 e. The molecule has 2 aromatic carbocycles. The molecular formula is C15H16O3. The fourth-order valence-corrected chi connectivity index (χ4v) is 1.53. The van der Waals surface area contributed by atoms with E-state index < -0.39 is 11.6 Å². The van der Waals surface area contributed by atoms with Crippen molar-refractivity contribution < 1.29 is 14.6 Å². The van der Waals surface area contributed by atoms with E-state index in [1.165, 1.54) is 0 Å². The van der Waals surface area contributed by atoms with Crippen molar-refractivity contribution in [2.24, 2.45) is 0 Å². The average Bonchev–Trinajstić information content (AvgIpc) is 2.34. The zero-order valence-corrected chi connectivity index (χ0v) is 10.8. The number of fused-ring (bicyclic) bond motifs is 1. The molecule has 2 aromatic rings. The molecule has 0 aliphatic rings. The molecule has 94 valence electrons. The minimum absolute atomic E-state index is 0.476. The van der Waals surface area contributed by atoms with Gasteiger partial charge in [-0.1, -0.05) is 30.3 Å². The zero-order valence-electron chi connectivity index (χ0n) is 10.8. The van der Waals surface area contributed by atoms with E-state index in [9.17, 15) is 4.79 Å². The summed E-state index contributed by atoms with van der Waals surface area (Å²) in [5.41, 5.74) is -0.0232. The Morgan fingerprint density at radius 2 is 1.67 bits per heavy atom. The lowest BCUT2D eigenvalue weighted by atomic mass is 10.1. The highest BCUT2D eigenvalue weighted by Gasteiger charge is 2.16. The number of hydrogen-bond acceptors (Lipinski definition) is 3. The van der Waals surface area contributed by atoms with E-state index in [1.54, 1.807) is 12.1 Å². The quantitative estimate of drug-likeness (QED) is 0.596. The highest BCUT2D eigenvalue weighted by Crippen LogP contribution is 2.17. The van der Waals surface area contributed by atoms with Crippen LogP contribution in [-0.2, 0) is 9.78 Å². The predicted octanol–water partition coefficient (Wildman–Crippen LogP) is 3.73.